The summed E-state index contributed by atoms with van der Waals surface area (Å²) in [6.07, 6.45) is 3.13. The summed E-state index contributed by atoms with van der Waals surface area (Å²) in [7, 11) is -4.56. The lowest BCUT2D eigenvalue weighted by Crippen LogP contribution is -2.46. The van der Waals surface area contributed by atoms with Gasteiger partial charge in [0.25, 0.3) is 0 Å². The van der Waals surface area contributed by atoms with E-state index in [-0.39, 0.29) is 12.3 Å². The molecule has 1 aliphatic heterocycles. The Labute approximate surface area is 133 Å². The van der Waals surface area contributed by atoms with Gasteiger partial charge in [0.15, 0.2) is 4.90 Å². The third-order valence-corrected chi connectivity index (χ3v) is 6.75. The second-order valence-electron chi connectivity index (χ2n) is 6.09. The fourth-order valence-electron chi connectivity index (χ4n) is 3.81. The van der Waals surface area contributed by atoms with Gasteiger partial charge in [0.05, 0.1) is 0 Å². The molecule has 0 spiro atoms. The van der Waals surface area contributed by atoms with Gasteiger partial charge in [-0.3, -0.25) is 4.79 Å². The minimum absolute atomic E-state index is 0.0746. The number of benzene rings is 1. The summed E-state index contributed by atoms with van der Waals surface area (Å²) in [5.41, 5.74) is 0. The monoisotopic (exact) mass is 345 g/mol. The molecule has 2 fully saturated rings. The van der Waals surface area contributed by atoms with E-state index in [4.69, 9.17) is 0 Å². The molecular weight excluding hydrogens is 328 g/mol. The van der Waals surface area contributed by atoms with E-state index < -0.39 is 44.6 Å². The summed E-state index contributed by atoms with van der Waals surface area (Å²) in [5.74, 6) is -3.75. The standard InChI is InChI=1S/C15H17F2NO4S/c16-10-5-3-6-11(17)14(10)23(21,22)18-12-7-2-1-4-9(12)8-13(18)15(19)20/h3,5-6,9,12-13H,1-2,4,7-8H2,(H,19,20). The van der Waals surface area contributed by atoms with Crippen LogP contribution in [-0.2, 0) is 14.8 Å². The molecule has 0 bridgehead atoms. The molecule has 2 aliphatic rings. The van der Waals surface area contributed by atoms with Gasteiger partial charge >= 0.3 is 5.97 Å². The highest BCUT2D eigenvalue weighted by molar-refractivity contribution is 7.89. The first-order valence-electron chi connectivity index (χ1n) is 7.54. The van der Waals surface area contributed by atoms with Crippen molar-refractivity contribution < 1.29 is 27.1 Å². The van der Waals surface area contributed by atoms with Crippen molar-refractivity contribution in [2.45, 2.75) is 49.1 Å². The molecule has 3 unspecified atom stereocenters. The Hall–Kier alpha value is -1.54. The van der Waals surface area contributed by atoms with Crippen molar-refractivity contribution in [3.8, 4) is 0 Å². The SMILES string of the molecule is O=C(O)C1CC2CCCCC2N1S(=O)(=O)c1c(F)cccc1F. The van der Waals surface area contributed by atoms with E-state index in [1.54, 1.807) is 0 Å². The number of nitrogens with zero attached hydrogens (tertiary/aromatic N) is 1. The van der Waals surface area contributed by atoms with Crippen LogP contribution in [0.25, 0.3) is 0 Å². The van der Waals surface area contributed by atoms with Gasteiger partial charge in [-0.1, -0.05) is 18.9 Å². The summed E-state index contributed by atoms with van der Waals surface area (Å²) in [6.45, 7) is 0. The zero-order valence-electron chi connectivity index (χ0n) is 12.3. The predicted octanol–water partition coefficient (Wildman–Crippen LogP) is 2.37. The van der Waals surface area contributed by atoms with E-state index in [9.17, 15) is 27.1 Å². The molecule has 1 saturated heterocycles. The van der Waals surface area contributed by atoms with Crippen molar-refractivity contribution in [2.75, 3.05) is 0 Å². The van der Waals surface area contributed by atoms with Crippen molar-refractivity contribution in [3.63, 3.8) is 0 Å². The Bertz CT molecular complexity index is 717. The molecule has 1 N–H and O–H groups in total. The predicted molar refractivity (Wildman–Crippen MR) is 77.2 cm³/mol. The van der Waals surface area contributed by atoms with E-state index in [1.807, 2.05) is 0 Å². The number of fused-ring (bicyclic) bond motifs is 1. The van der Waals surface area contributed by atoms with Gasteiger partial charge in [-0.25, -0.2) is 17.2 Å². The summed E-state index contributed by atoms with van der Waals surface area (Å²) < 4.78 is 54.4. The van der Waals surface area contributed by atoms with E-state index in [0.717, 1.165) is 41.8 Å². The molecule has 0 amide bonds. The molecule has 5 nitrogen and oxygen atoms in total. The quantitative estimate of drug-likeness (QED) is 0.913. The minimum atomic E-state index is -4.56. The van der Waals surface area contributed by atoms with Crippen molar-refractivity contribution in [1.29, 1.82) is 0 Å². The first-order chi connectivity index (χ1) is 10.8. The van der Waals surface area contributed by atoms with Crippen LogP contribution in [0.3, 0.4) is 0 Å². The Morgan fingerprint density at radius 2 is 1.78 bits per heavy atom. The number of hydrogen-bond acceptors (Lipinski definition) is 3. The van der Waals surface area contributed by atoms with Crippen molar-refractivity contribution in [2.24, 2.45) is 5.92 Å². The van der Waals surface area contributed by atoms with Crippen LogP contribution in [0.2, 0.25) is 0 Å². The number of hydrogen-bond donors (Lipinski definition) is 1. The summed E-state index contributed by atoms with van der Waals surface area (Å²) in [6, 6.07) is 1.02. The second kappa shape index (κ2) is 5.83. The maximum absolute atomic E-state index is 14.0. The molecule has 0 radical (unpaired) electrons. The Morgan fingerprint density at radius 1 is 1.17 bits per heavy atom. The van der Waals surface area contributed by atoms with Crippen molar-refractivity contribution in [3.05, 3.63) is 29.8 Å². The highest BCUT2D eigenvalue weighted by Crippen LogP contribution is 2.43. The lowest BCUT2D eigenvalue weighted by molar-refractivity contribution is -0.141. The van der Waals surface area contributed by atoms with Gasteiger partial charge in [0.2, 0.25) is 10.0 Å². The molecule has 3 atom stereocenters. The first-order valence-corrected chi connectivity index (χ1v) is 8.98. The number of carboxylic acid groups (broad SMARTS) is 1. The van der Waals surface area contributed by atoms with Gasteiger partial charge in [0, 0.05) is 6.04 Å². The molecular formula is C15H17F2NO4S. The number of aliphatic carboxylic acids is 1. The lowest BCUT2D eigenvalue weighted by Gasteiger charge is -2.32. The maximum Gasteiger partial charge on any atom is 0.322 e. The largest absolute Gasteiger partial charge is 0.480 e. The lowest BCUT2D eigenvalue weighted by atomic mass is 9.85. The zero-order chi connectivity index (χ0) is 16.8. The van der Waals surface area contributed by atoms with E-state index >= 15 is 0 Å². The minimum Gasteiger partial charge on any atom is -0.480 e. The molecule has 3 rings (SSSR count). The number of halogens is 2. The van der Waals surface area contributed by atoms with E-state index in [0.29, 0.717) is 6.42 Å². The molecule has 0 aromatic heterocycles. The fraction of sp³-hybridized carbons (Fsp3) is 0.533. The van der Waals surface area contributed by atoms with Crippen LogP contribution >= 0.6 is 0 Å². The smallest absolute Gasteiger partial charge is 0.322 e. The highest BCUT2D eigenvalue weighted by Gasteiger charge is 2.52. The highest BCUT2D eigenvalue weighted by atomic mass is 32.2. The molecule has 8 heteroatoms. The number of carbonyl (C=O) groups is 1. The van der Waals surface area contributed by atoms with Crippen LogP contribution in [0.5, 0.6) is 0 Å². The molecule has 1 aromatic rings. The Balaban J connectivity index is 2.11. The number of rotatable bonds is 3. The summed E-state index contributed by atoms with van der Waals surface area (Å²) in [4.78, 5) is 10.5. The van der Waals surface area contributed by atoms with E-state index in [1.165, 1.54) is 0 Å². The topological polar surface area (TPSA) is 74.7 Å². The van der Waals surface area contributed by atoms with Gasteiger partial charge in [0.1, 0.15) is 17.7 Å². The van der Waals surface area contributed by atoms with Gasteiger partial charge in [-0.15, -0.1) is 0 Å². The van der Waals surface area contributed by atoms with Crippen LogP contribution in [0.15, 0.2) is 23.1 Å². The average molecular weight is 345 g/mol. The normalized spacial score (nSPS) is 28.5. The van der Waals surface area contributed by atoms with E-state index in [2.05, 4.69) is 0 Å². The molecule has 1 saturated carbocycles. The zero-order valence-corrected chi connectivity index (χ0v) is 13.1. The van der Waals surface area contributed by atoms with Gasteiger partial charge in [-0.05, 0) is 37.3 Å². The average Bonchev–Trinajstić information content (AvgIpc) is 2.87. The van der Waals surface area contributed by atoms with Crippen LogP contribution in [0.1, 0.15) is 32.1 Å². The number of carboxylic acids is 1. The summed E-state index contributed by atoms with van der Waals surface area (Å²) >= 11 is 0. The van der Waals surface area contributed by atoms with Crippen LogP contribution in [0.4, 0.5) is 8.78 Å². The van der Waals surface area contributed by atoms with Gasteiger partial charge in [-0.2, -0.15) is 4.31 Å². The molecule has 23 heavy (non-hydrogen) atoms. The second-order valence-corrected chi connectivity index (χ2v) is 7.87. The molecule has 1 aromatic carbocycles. The summed E-state index contributed by atoms with van der Waals surface area (Å²) in [5, 5.41) is 9.39. The fourth-order valence-corrected chi connectivity index (χ4v) is 5.79. The first kappa shape index (κ1) is 16.3. The maximum atomic E-state index is 14.0. The van der Waals surface area contributed by atoms with Crippen molar-refractivity contribution >= 4 is 16.0 Å². The molecule has 1 aliphatic carbocycles. The van der Waals surface area contributed by atoms with Gasteiger partial charge < -0.3 is 5.11 Å². The van der Waals surface area contributed by atoms with Crippen molar-refractivity contribution in [1.82, 2.24) is 4.31 Å². The Kier molecular flexibility index (Phi) is 4.14. The third kappa shape index (κ3) is 2.63. The molecule has 1 heterocycles. The van der Waals surface area contributed by atoms with Crippen LogP contribution in [0, 0.1) is 17.6 Å². The van der Waals surface area contributed by atoms with Crippen LogP contribution in [-0.4, -0.2) is 35.9 Å². The Morgan fingerprint density at radius 3 is 2.39 bits per heavy atom. The van der Waals surface area contributed by atoms with Crippen LogP contribution < -0.4 is 0 Å². The third-order valence-electron chi connectivity index (χ3n) is 4.77. The molecule has 126 valence electrons. The number of sulfonamides is 1.